The van der Waals surface area contributed by atoms with Crippen LogP contribution < -0.4 is 0 Å². The zero-order chi connectivity index (χ0) is 18.1. The molecule has 1 aromatic carbocycles. The minimum Gasteiger partial charge on any atom is -0.380 e. The third-order valence-corrected chi connectivity index (χ3v) is 3.96. The molecule has 0 aliphatic carbocycles. The number of para-hydroxylation sites is 2. The third kappa shape index (κ3) is 3.02. The van der Waals surface area contributed by atoms with Gasteiger partial charge in [0, 0.05) is 23.1 Å². The zero-order valence-electron chi connectivity index (χ0n) is 16.4. The van der Waals surface area contributed by atoms with E-state index in [1.807, 2.05) is 24.3 Å². The van der Waals surface area contributed by atoms with Gasteiger partial charge in [0.25, 0.3) is 0 Å². The predicted molar refractivity (Wildman–Crippen MR) is 81.0 cm³/mol. The summed E-state index contributed by atoms with van der Waals surface area (Å²) in [6.45, 7) is -3.03. The summed E-state index contributed by atoms with van der Waals surface area (Å²) < 4.78 is 41.2. The van der Waals surface area contributed by atoms with Gasteiger partial charge in [-0.3, -0.25) is 0 Å². The summed E-state index contributed by atoms with van der Waals surface area (Å²) >= 11 is 0. The summed E-state index contributed by atoms with van der Waals surface area (Å²) in [5, 5.41) is 0. The lowest BCUT2D eigenvalue weighted by molar-refractivity contribution is 0.102. The lowest BCUT2D eigenvalue weighted by atomic mass is 9.96. The molecule has 1 aliphatic rings. The van der Waals surface area contributed by atoms with Gasteiger partial charge in [-0.25, -0.2) is 4.98 Å². The van der Waals surface area contributed by atoms with Crippen molar-refractivity contribution in [2.24, 2.45) is 0 Å². The maximum atomic E-state index is 7.44. The van der Waals surface area contributed by atoms with Crippen LogP contribution in [0.1, 0.15) is 38.3 Å². The number of ether oxygens (including phenoxy) is 1. The molecule has 1 N–H and O–H groups in total. The van der Waals surface area contributed by atoms with Gasteiger partial charge in [0.05, 0.1) is 20.4 Å². The Hall–Kier alpha value is -1.39. The zero-order valence-corrected chi connectivity index (χ0v) is 11.4. The number of hydrogen-bond donors (Lipinski definition) is 1. The van der Waals surface area contributed by atoms with Crippen molar-refractivity contribution in [3.8, 4) is 0 Å². The van der Waals surface area contributed by atoms with E-state index in [1.54, 1.807) is 0 Å². The van der Waals surface area contributed by atoms with Crippen LogP contribution in [0.3, 0.4) is 0 Å². The summed E-state index contributed by atoms with van der Waals surface area (Å²) in [5.41, 5.74) is 2.04. The Labute approximate surface area is 127 Å². The van der Waals surface area contributed by atoms with Crippen molar-refractivity contribution in [1.82, 2.24) is 14.9 Å². The number of piperidine rings is 1. The highest BCUT2D eigenvalue weighted by atomic mass is 16.5. The Morgan fingerprint density at radius 2 is 2.30 bits per heavy atom. The summed E-state index contributed by atoms with van der Waals surface area (Å²) in [6, 6.07) is 8.00. The van der Waals surface area contributed by atoms with E-state index in [0.29, 0.717) is 12.5 Å². The topological polar surface area (TPSA) is 41.1 Å². The lowest BCUT2D eigenvalue weighted by Crippen LogP contribution is -2.35. The minimum atomic E-state index is -2.76. The molecule has 4 heteroatoms. The molecule has 108 valence electrons. The van der Waals surface area contributed by atoms with Gasteiger partial charge >= 0.3 is 0 Å². The molecule has 20 heavy (non-hydrogen) atoms. The van der Waals surface area contributed by atoms with Gasteiger partial charge in [-0.1, -0.05) is 12.1 Å². The molecule has 0 amide bonds. The largest absolute Gasteiger partial charge is 0.380 e. The van der Waals surface area contributed by atoms with Crippen LogP contribution in [-0.2, 0) is 4.74 Å². The molecule has 1 aliphatic heterocycles. The minimum absolute atomic E-state index is 0.0701. The number of rotatable bonds is 5. The van der Waals surface area contributed by atoms with E-state index in [2.05, 4.69) is 14.9 Å². The average Bonchev–Trinajstić information content (AvgIpc) is 2.98. The first-order chi connectivity index (χ1) is 11.8. The van der Waals surface area contributed by atoms with Gasteiger partial charge in [-0.15, -0.1) is 0 Å². The second-order valence-corrected chi connectivity index (χ2v) is 5.21. The summed E-state index contributed by atoms with van der Waals surface area (Å²) in [5.74, 6) is 1.41. The number of nitrogens with one attached hydrogen (secondary N) is 1. The van der Waals surface area contributed by atoms with Crippen molar-refractivity contribution in [1.29, 1.82) is 0 Å². The Kier molecular flexibility index (Phi) is 2.80. The number of imidazole rings is 1. The number of aromatic amines is 1. The number of aromatic nitrogens is 2. The average molecular weight is 278 g/mol. The van der Waals surface area contributed by atoms with Gasteiger partial charge in [-0.2, -0.15) is 0 Å². The van der Waals surface area contributed by atoms with Crippen molar-refractivity contribution >= 4 is 11.0 Å². The van der Waals surface area contributed by atoms with E-state index in [1.165, 1.54) is 0 Å². The molecule has 0 saturated carbocycles. The van der Waals surface area contributed by atoms with Crippen LogP contribution in [0.2, 0.25) is 0 Å². The molecular weight excluding hydrogens is 250 g/mol. The lowest BCUT2D eigenvalue weighted by Gasteiger charge is -2.30. The highest BCUT2D eigenvalue weighted by Crippen LogP contribution is 2.27. The van der Waals surface area contributed by atoms with Gasteiger partial charge in [0.1, 0.15) is 5.82 Å². The number of benzene rings is 1. The number of hydrogen-bond acceptors (Lipinski definition) is 3. The molecule has 0 spiro atoms. The Morgan fingerprint density at radius 3 is 3.10 bits per heavy atom. The highest BCUT2D eigenvalue weighted by molar-refractivity contribution is 5.74. The first-order valence-corrected chi connectivity index (χ1v) is 7.07. The van der Waals surface area contributed by atoms with E-state index in [0.717, 1.165) is 42.8 Å². The van der Waals surface area contributed by atoms with Crippen molar-refractivity contribution in [2.75, 3.05) is 32.8 Å². The molecule has 1 aromatic heterocycles. The number of fused-ring (bicyclic) bond motifs is 1. The fraction of sp³-hybridized carbons (Fsp3) is 0.562. The summed E-state index contributed by atoms with van der Waals surface area (Å²) in [7, 11) is 0. The monoisotopic (exact) mass is 278 g/mol. The van der Waals surface area contributed by atoms with Gasteiger partial charge < -0.3 is 14.6 Å². The number of nitrogens with zero attached hydrogens (tertiary/aromatic N) is 2. The van der Waals surface area contributed by atoms with E-state index >= 15 is 0 Å². The maximum Gasteiger partial charge on any atom is 0.110 e. The van der Waals surface area contributed by atoms with Crippen LogP contribution in [0.25, 0.3) is 11.0 Å². The second kappa shape index (κ2) is 6.37. The van der Waals surface area contributed by atoms with Crippen LogP contribution in [0, 0.1) is 0 Å². The number of likely N-dealkylation sites (tertiary alicyclic amines) is 1. The van der Waals surface area contributed by atoms with Crippen molar-refractivity contribution in [2.45, 2.75) is 25.6 Å². The van der Waals surface area contributed by atoms with Gasteiger partial charge in [0.2, 0.25) is 0 Å². The van der Waals surface area contributed by atoms with E-state index in [-0.39, 0.29) is 6.61 Å². The summed E-state index contributed by atoms with van der Waals surface area (Å²) in [4.78, 5) is 10.2. The van der Waals surface area contributed by atoms with Crippen molar-refractivity contribution in [3.05, 3.63) is 30.1 Å². The van der Waals surface area contributed by atoms with E-state index < -0.39 is 13.4 Å². The van der Waals surface area contributed by atoms with E-state index in [4.69, 9.17) is 11.6 Å². The standard InChI is InChI=1S/C16H23N3O/c1-2-20-12-11-19-9-7-13(8-10-19)16-17-14-5-3-4-6-15(14)18-16/h3-6,13H,2,7-12H2,1H3,(H,17,18)/i1D3,2D2. The SMILES string of the molecule is [2H]C([2H])([2H])C([2H])([2H])OCCN1CCC(c2nc3ccccc3[nH]2)CC1. The molecule has 0 radical (unpaired) electrons. The Bertz CT molecular complexity index is 674. The molecule has 1 saturated heterocycles. The first-order valence-electron chi connectivity index (χ1n) is 9.57. The third-order valence-electron chi connectivity index (χ3n) is 3.96. The normalized spacial score (nSPS) is 22.9. The molecular formula is C16H23N3O. The van der Waals surface area contributed by atoms with Crippen molar-refractivity contribution < 1.29 is 11.6 Å². The van der Waals surface area contributed by atoms with E-state index in [9.17, 15) is 0 Å². The molecule has 1 fully saturated rings. The highest BCUT2D eigenvalue weighted by Gasteiger charge is 2.22. The maximum absolute atomic E-state index is 7.44. The summed E-state index contributed by atoms with van der Waals surface area (Å²) in [6.07, 6.45) is 1.93. The van der Waals surface area contributed by atoms with Crippen LogP contribution in [0.4, 0.5) is 0 Å². The predicted octanol–water partition coefficient (Wildman–Crippen LogP) is 2.78. The fourth-order valence-electron chi connectivity index (χ4n) is 2.82. The molecule has 4 nitrogen and oxygen atoms in total. The Morgan fingerprint density at radius 1 is 1.45 bits per heavy atom. The van der Waals surface area contributed by atoms with Crippen LogP contribution in [-0.4, -0.2) is 47.7 Å². The van der Waals surface area contributed by atoms with Crippen LogP contribution in [0.5, 0.6) is 0 Å². The molecule has 0 unspecified atom stereocenters. The quantitative estimate of drug-likeness (QED) is 0.914. The molecule has 2 aromatic rings. The fourth-order valence-corrected chi connectivity index (χ4v) is 2.82. The van der Waals surface area contributed by atoms with Gasteiger partial charge in [-0.05, 0) is 44.9 Å². The van der Waals surface area contributed by atoms with Gasteiger partial charge in [0.15, 0.2) is 0 Å². The smallest absolute Gasteiger partial charge is 0.110 e. The molecule has 2 heterocycles. The van der Waals surface area contributed by atoms with Crippen LogP contribution >= 0.6 is 0 Å². The second-order valence-electron chi connectivity index (χ2n) is 5.21. The first kappa shape index (κ1) is 8.80. The number of H-pyrrole nitrogens is 1. The molecule has 0 bridgehead atoms. The molecule has 3 rings (SSSR count). The van der Waals surface area contributed by atoms with Crippen molar-refractivity contribution in [3.63, 3.8) is 0 Å². The Balaban J connectivity index is 1.47. The molecule has 0 atom stereocenters. The van der Waals surface area contributed by atoms with Crippen LogP contribution in [0.15, 0.2) is 24.3 Å².